The molecule has 0 atom stereocenters. The second-order valence-corrected chi connectivity index (χ2v) is 5.73. The van der Waals surface area contributed by atoms with Gasteiger partial charge in [-0.2, -0.15) is 0 Å². The van der Waals surface area contributed by atoms with E-state index in [0.717, 1.165) is 4.47 Å². The quantitative estimate of drug-likeness (QED) is 0.654. The minimum atomic E-state index is -0.471. The van der Waals surface area contributed by atoms with Crippen LogP contribution in [0.4, 0.5) is 0 Å². The summed E-state index contributed by atoms with van der Waals surface area (Å²) in [5, 5.41) is 0.492. The Balaban J connectivity index is 2.00. The number of furan rings is 1. The summed E-state index contributed by atoms with van der Waals surface area (Å²) in [4.78, 5) is 28.7. The van der Waals surface area contributed by atoms with E-state index in [1.54, 1.807) is 19.1 Å². The molecule has 3 aromatic rings. The number of nitrogens with zero attached hydrogens (tertiary/aromatic N) is 2. The summed E-state index contributed by atoms with van der Waals surface area (Å²) in [6, 6.07) is 6.84. The van der Waals surface area contributed by atoms with Crippen LogP contribution in [0, 0.1) is 0 Å². The number of halogens is 1. The van der Waals surface area contributed by atoms with E-state index in [1.807, 2.05) is 6.07 Å². The highest BCUT2D eigenvalue weighted by Gasteiger charge is 2.17. The Morgan fingerprint density at radius 2 is 2.22 bits per heavy atom. The van der Waals surface area contributed by atoms with Gasteiger partial charge in [0.05, 0.1) is 36.6 Å². The van der Waals surface area contributed by atoms with Crippen LogP contribution >= 0.6 is 15.9 Å². The number of rotatable bonds is 4. The molecule has 0 aliphatic carbocycles. The second-order valence-electron chi connectivity index (χ2n) is 4.82. The molecule has 2 aromatic heterocycles. The third-order valence-corrected chi connectivity index (χ3v) is 3.83. The predicted octanol–water partition coefficient (Wildman–Crippen LogP) is 2.98. The summed E-state index contributed by atoms with van der Waals surface area (Å²) in [5.41, 5.74) is 0.718. The number of esters is 1. The van der Waals surface area contributed by atoms with Gasteiger partial charge in [0.2, 0.25) is 0 Å². The second kappa shape index (κ2) is 6.37. The zero-order chi connectivity index (χ0) is 16.4. The van der Waals surface area contributed by atoms with Gasteiger partial charge in [0, 0.05) is 4.47 Å². The number of aromatic nitrogens is 2. The lowest BCUT2D eigenvalue weighted by molar-refractivity contribution is 0.0523. The summed E-state index contributed by atoms with van der Waals surface area (Å²) in [7, 11) is 0. The lowest BCUT2D eigenvalue weighted by atomic mass is 10.2. The molecule has 118 valence electrons. The highest BCUT2D eigenvalue weighted by atomic mass is 79.9. The lowest BCUT2D eigenvalue weighted by Crippen LogP contribution is -2.22. The number of hydrogen-bond donors (Lipinski definition) is 0. The minimum absolute atomic E-state index is 0.107. The summed E-state index contributed by atoms with van der Waals surface area (Å²) in [6.07, 6.45) is 2.84. The van der Waals surface area contributed by atoms with E-state index in [9.17, 15) is 9.59 Å². The molecular weight excluding hydrogens is 364 g/mol. The van der Waals surface area contributed by atoms with Gasteiger partial charge in [-0.25, -0.2) is 9.78 Å². The first-order valence-corrected chi connectivity index (χ1v) is 7.77. The van der Waals surface area contributed by atoms with Crippen molar-refractivity contribution < 1.29 is 13.9 Å². The SMILES string of the molecule is CCOC(=O)c1ccoc1Cn1cnc2ccc(Br)cc2c1=O. The number of hydrogen-bond acceptors (Lipinski definition) is 5. The number of carbonyl (C=O) groups excluding carboxylic acids is 1. The average molecular weight is 377 g/mol. The fourth-order valence-corrected chi connectivity index (χ4v) is 2.61. The molecule has 0 aliphatic heterocycles. The van der Waals surface area contributed by atoms with Crippen LogP contribution in [-0.4, -0.2) is 22.1 Å². The van der Waals surface area contributed by atoms with E-state index >= 15 is 0 Å². The molecule has 0 aliphatic rings. The molecule has 0 radical (unpaired) electrons. The number of fused-ring (bicyclic) bond motifs is 1. The zero-order valence-electron chi connectivity index (χ0n) is 12.3. The van der Waals surface area contributed by atoms with Crippen LogP contribution in [-0.2, 0) is 11.3 Å². The first-order valence-electron chi connectivity index (χ1n) is 6.98. The molecule has 3 rings (SSSR count). The van der Waals surface area contributed by atoms with Gasteiger partial charge in [0.1, 0.15) is 11.3 Å². The van der Waals surface area contributed by atoms with Crippen molar-refractivity contribution in [2.24, 2.45) is 0 Å². The first kappa shape index (κ1) is 15.5. The molecule has 0 spiro atoms. The number of benzene rings is 1. The molecule has 7 heteroatoms. The summed E-state index contributed by atoms with van der Waals surface area (Å²) in [5.74, 6) is -0.109. The molecule has 23 heavy (non-hydrogen) atoms. The van der Waals surface area contributed by atoms with Crippen LogP contribution in [0.5, 0.6) is 0 Å². The van der Waals surface area contributed by atoms with Crippen molar-refractivity contribution >= 4 is 32.8 Å². The van der Waals surface area contributed by atoms with Gasteiger partial charge < -0.3 is 9.15 Å². The third kappa shape index (κ3) is 3.05. The minimum Gasteiger partial charge on any atom is -0.467 e. The maximum Gasteiger partial charge on any atom is 0.341 e. The van der Waals surface area contributed by atoms with Crippen molar-refractivity contribution in [3.63, 3.8) is 0 Å². The van der Waals surface area contributed by atoms with Crippen molar-refractivity contribution in [3.8, 4) is 0 Å². The summed E-state index contributed by atoms with van der Waals surface area (Å²) < 4.78 is 12.5. The van der Waals surface area contributed by atoms with E-state index in [0.29, 0.717) is 22.2 Å². The largest absolute Gasteiger partial charge is 0.467 e. The first-order chi connectivity index (χ1) is 11.1. The Morgan fingerprint density at radius 3 is 3.00 bits per heavy atom. The van der Waals surface area contributed by atoms with Crippen molar-refractivity contribution in [1.29, 1.82) is 0 Å². The fourth-order valence-electron chi connectivity index (χ4n) is 2.25. The van der Waals surface area contributed by atoms with Gasteiger partial charge in [-0.1, -0.05) is 15.9 Å². The third-order valence-electron chi connectivity index (χ3n) is 3.34. The summed E-state index contributed by atoms with van der Waals surface area (Å²) in [6.45, 7) is 2.11. The van der Waals surface area contributed by atoms with Gasteiger partial charge in [-0.15, -0.1) is 0 Å². The molecule has 0 saturated heterocycles. The van der Waals surface area contributed by atoms with Crippen LogP contribution < -0.4 is 5.56 Å². The lowest BCUT2D eigenvalue weighted by Gasteiger charge is -2.07. The van der Waals surface area contributed by atoms with E-state index in [-0.39, 0.29) is 18.7 Å². The van der Waals surface area contributed by atoms with Crippen LogP contribution in [0.1, 0.15) is 23.0 Å². The van der Waals surface area contributed by atoms with Gasteiger partial charge in [0.15, 0.2) is 0 Å². The molecule has 0 fully saturated rings. The van der Waals surface area contributed by atoms with E-state index in [4.69, 9.17) is 9.15 Å². The molecule has 2 heterocycles. The van der Waals surface area contributed by atoms with Crippen LogP contribution in [0.3, 0.4) is 0 Å². The van der Waals surface area contributed by atoms with Crippen molar-refractivity contribution in [2.45, 2.75) is 13.5 Å². The molecule has 0 N–H and O–H groups in total. The molecule has 0 amide bonds. The smallest absolute Gasteiger partial charge is 0.341 e. The van der Waals surface area contributed by atoms with Gasteiger partial charge in [0.25, 0.3) is 5.56 Å². The Kier molecular flexibility index (Phi) is 4.29. The number of ether oxygens (including phenoxy) is 1. The van der Waals surface area contributed by atoms with Gasteiger partial charge in [-0.05, 0) is 31.2 Å². The average Bonchev–Trinajstić information content (AvgIpc) is 2.99. The Morgan fingerprint density at radius 1 is 1.39 bits per heavy atom. The highest BCUT2D eigenvalue weighted by Crippen LogP contribution is 2.16. The van der Waals surface area contributed by atoms with Crippen LogP contribution in [0.25, 0.3) is 10.9 Å². The van der Waals surface area contributed by atoms with Crippen molar-refractivity contribution in [3.05, 3.63) is 63.0 Å². The standard InChI is InChI=1S/C16H13BrN2O4/c1-2-22-16(21)11-5-6-23-14(11)8-19-9-18-13-4-3-10(17)7-12(13)15(19)20/h3-7,9H,2,8H2,1H3. The van der Waals surface area contributed by atoms with Crippen molar-refractivity contribution in [2.75, 3.05) is 6.61 Å². The highest BCUT2D eigenvalue weighted by molar-refractivity contribution is 9.10. The topological polar surface area (TPSA) is 74.3 Å². The molecule has 0 unspecified atom stereocenters. The molecular formula is C16H13BrN2O4. The van der Waals surface area contributed by atoms with E-state index in [1.165, 1.54) is 23.2 Å². The van der Waals surface area contributed by atoms with Crippen LogP contribution in [0.15, 0.2) is 50.5 Å². The Bertz CT molecular complexity index is 929. The maximum atomic E-state index is 12.6. The fraction of sp³-hybridized carbons (Fsp3) is 0.188. The molecule has 6 nitrogen and oxygen atoms in total. The summed E-state index contributed by atoms with van der Waals surface area (Å²) >= 11 is 3.34. The maximum absolute atomic E-state index is 12.6. The van der Waals surface area contributed by atoms with Crippen molar-refractivity contribution in [1.82, 2.24) is 9.55 Å². The van der Waals surface area contributed by atoms with Gasteiger partial charge >= 0.3 is 5.97 Å². The normalized spacial score (nSPS) is 10.9. The Hall–Kier alpha value is -2.41. The van der Waals surface area contributed by atoms with Gasteiger partial charge in [-0.3, -0.25) is 9.36 Å². The predicted molar refractivity (Wildman–Crippen MR) is 87.5 cm³/mol. The monoisotopic (exact) mass is 376 g/mol. The molecule has 0 bridgehead atoms. The van der Waals surface area contributed by atoms with Crippen LogP contribution in [0.2, 0.25) is 0 Å². The van der Waals surface area contributed by atoms with E-state index in [2.05, 4.69) is 20.9 Å². The number of carbonyl (C=O) groups is 1. The Labute approximate surface area is 139 Å². The zero-order valence-corrected chi connectivity index (χ0v) is 13.9. The van der Waals surface area contributed by atoms with E-state index < -0.39 is 5.97 Å². The molecule has 1 aromatic carbocycles. The molecule has 0 saturated carbocycles.